The first kappa shape index (κ1) is 14.5. The summed E-state index contributed by atoms with van der Waals surface area (Å²) in [6.07, 6.45) is 6.47. The Bertz CT molecular complexity index is 365. The van der Waals surface area contributed by atoms with Gasteiger partial charge in [-0.3, -0.25) is 0 Å². The van der Waals surface area contributed by atoms with E-state index in [1.165, 1.54) is 24.0 Å². The number of rotatable bonds is 5. The average molecular weight is 261 g/mol. The van der Waals surface area contributed by atoms with E-state index >= 15 is 0 Å². The summed E-state index contributed by atoms with van der Waals surface area (Å²) in [6, 6.07) is 9.51. The zero-order valence-corrected chi connectivity index (χ0v) is 12.2. The molecule has 1 saturated carbocycles. The Morgan fingerprint density at radius 2 is 1.79 bits per heavy atom. The maximum absolute atomic E-state index is 9.63. The SMILES string of the molecule is CCCc1ccc(C(NC)C2CCC(O)CC2)cc1. The molecular formula is C17H27NO. The molecule has 1 fully saturated rings. The van der Waals surface area contributed by atoms with Gasteiger partial charge < -0.3 is 10.4 Å². The van der Waals surface area contributed by atoms with Gasteiger partial charge in [-0.2, -0.15) is 0 Å². The highest BCUT2D eigenvalue weighted by Gasteiger charge is 2.26. The minimum atomic E-state index is -0.0688. The van der Waals surface area contributed by atoms with Gasteiger partial charge >= 0.3 is 0 Å². The van der Waals surface area contributed by atoms with Crippen molar-refractivity contribution in [3.05, 3.63) is 35.4 Å². The molecule has 2 N–H and O–H groups in total. The Balaban J connectivity index is 2.04. The molecule has 2 heteroatoms. The predicted molar refractivity (Wildman–Crippen MR) is 80.2 cm³/mol. The van der Waals surface area contributed by atoms with Crippen LogP contribution in [-0.4, -0.2) is 18.3 Å². The van der Waals surface area contributed by atoms with Gasteiger partial charge in [-0.05, 0) is 56.2 Å². The molecule has 106 valence electrons. The first-order chi connectivity index (χ1) is 9.24. The van der Waals surface area contributed by atoms with E-state index in [1.807, 2.05) is 0 Å². The minimum Gasteiger partial charge on any atom is -0.393 e. The summed E-state index contributed by atoms with van der Waals surface area (Å²) in [4.78, 5) is 0. The minimum absolute atomic E-state index is 0.0688. The van der Waals surface area contributed by atoms with Crippen LogP contribution in [0.25, 0.3) is 0 Å². The molecule has 2 rings (SSSR count). The van der Waals surface area contributed by atoms with Crippen LogP contribution in [-0.2, 0) is 6.42 Å². The van der Waals surface area contributed by atoms with E-state index in [-0.39, 0.29) is 6.10 Å². The molecule has 1 unspecified atom stereocenters. The Morgan fingerprint density at radius 1 is 1.16 bits per heavy atom. The van der Waals surface area contributed by atoms with E-state index in [0.717, 1.165) is 25.7 Å². The molecule has 1 aromatic rings. The van der Waals surface area contributed by atoms with Crippen LogP contribution < -0.4 is 5.32 Å². The second kappa shape index (κ2) is 7.06. The summed E-state index contributed by atoms with van der Waals surface area (Å²) in [7, 11) is 2.05. The molecule has 0 amide bonds. The van der Waals surface area contributed by atoms with E-state index in [9.17, 15) is 5.11 Å². The number of hydrogen-bond donors (Lipinski definition) is 2. The van der Waals surface area contributed by atoms with Gasteiger partial charge in [0, 0.05) is 6.04 Å². The third-order valence-corrected chi connectivity index (χ3v) is 4.40. The Hall–Kier alpha value is -0.860. The number of aliphatic hydroxyl groups excluding tert-OH is 1. The third kappa shape index (κ3) is 3.80. The van der Waals surface area contributed by atoms with Crippen LogP contribution in [0.5, 0.6) is 0 Å². The fourth-order valence-corrected chi connectivity index (χ4v) is 3.29. The van der Waals surface area contributed by atoms with Crippen LogP contribution in [0.1, 0.15) is 56.2 Å². The Morgan fingerprint density at radius 3 is 2.32 bits per heavy atom. The quantitative estimate of drug-likeness (QED) is 0.851. The molecule has 2 nitrogen and oxygen atoms in total. The normalized spacial score (nSPS) is 25.2. The van der Waals surface area contributed by atoms with Crippen LogP contribution in [0.15, 0.2) is 24.3 Å². The lowest BCUT2D eigenvalue weighted by Crippen LogP contribution is -2.30. The van der Waals surface area contributed by atoms with Gasteiger partial charge in [0.2, 0.25) is 0 Å². The monoisotopic (exact) mass is 261 g/mol. The lowest BCUT2D eigenvalue weighted by molar-refractivity contribution is 0.0981. The topological polar surface area (TPSA) is 32.3 Å². The summed E-state index contributed by atoms with van der Waals surface area (Å²) >= 11 is 0. The average Bonchev–Trinajstić information content (AvgIpc) is 2.44. The predicted octanol–water partition coefficient (Wildman–Crippen LogP) is 3.45. The molecule has 0 radical (unpaired) electrons. The molecule has 0 saturated heterocycles. The zero-order chi connectivity index (χ0) is 13.7. The second-order valence-corrected chi connectivity index (χ2v) is 5.83. The molecule has 0 heterocycles. The largest absolute Gasteiger partial charge is 0.393 e. The fraction of sp³-hybridized carbons (Fsp3) is 0.647. The summed E-state index contributed by atoms with van der Waals surface area (Å²) in [5.41, 5.74) is 2.82. The lowest BCUT2D eigenvalue weighted by atomic mass is 9.80. The van der Waals surface area contributed by atoms with Crippen molar-refractivity contribution >= 4 is 0 Å². The molecule has 0 aliphatic heterocycles. The van der Waals surface area contributed by atoms with Crippen molar-refractivity contribution < 1.29 is 5.11 Å². The number of aliphatic hydroxyl groups is 1. The van der Waals surface area contributed by atoms with Crippen LogP contribution in [0, 0.1) is 5.92 Å². The third-order valence-electron chi connectivity index (χ3n) is 4.40. The number of aryl methyl sites for hydroxylation is 1. The van der Waals surface area contributed by atoms with Crippen LogP contribution in [0.3, 0.4) is 0 Å². The molecule has 1 aliphatic carbocycles. The summed E-state index contributed by atoms with van der Waals surface area (Å²) in [5.74, 6) is 0.658. The lowest BCUT2D eigenvalue weighted by Gasteiger charge is -2.32. The Kier molecular flexibility index (Phi) is 5.41. The van der Waals surface area contributed by atoms with Gasteiger partial charge in [-0.1, -0.05) is 37.6 Å². The van der Waals surface area contributed by atoms with Crippen molar-refractivity contribution in [2.45, 2.75) is 57.6 Å². The van der Waals surface area contributed by atoms with E-state index in [1.54, 1.807) is 0 Å². The number of hydrogen-bond acceptors (Lipinski definition) is 2. The summed E-state index contributed by atoms with van der Waals surface area (Å²) < 4.78 is 0. The van der Waals surface area contributed by atoms with Gasteiger partial charge in [0.25, 0.3) is 0 Å². The summed E-state index contributed by atoms with van der Waals surface area (Å²) in [5, 5.41) is 13.1. The molecule has 1 aromatic carbocycles. The maximum atomic E-state index is 9.63. The number of nitrogens with one attached hydrogen (secondary N) is 1. The highest BCUT2D eigenvalue weighted by Crippen LogP contribution is 2.34. The van der Waals surface area contributed by atoms with Crippen molar-refractivity contribution in [3.8, 4) is 0 Å². The first-order valence-electron chi connectivity index (χ1n) is 7.68. The smallest absolute Gasteiger partial charge is 0.0540 e. The molecule has 0 bridgehead atoms. The fourth-order valence-electron chi connectivity index (χ4n) is 3.29. The van der Waals surface area contributed by atoms with Crippen molar-refractivity contribution in [3.63, 3.8) is 0 Å². The van der Waals surface area contributed by atoms with Crippen LogP contribution >= 0.6 is 0 Å². The highest BCUT2D eigenvalue weighted by atomic mass is 16.3. The molecule has 0 aromatic heterocycles. The van der Waals surface area contributed by atoms with E-state index in [2.05, 4.69) is 43.6 Å². The number of benzene rings is 1. The van der Waals surface area contributed by atoms with Crippen molar-refractivity contribution in [2.24, 2.45) is 5.92 Å². The van der Waals surface area contributed by atoms with Crippen LogP contribution in [0.4, 0.5) is 0 Å². The molecule has 0 spiro atoms. The Labute approximate surface area is 117 Å². The van der Waals surface area contributed by atoms with E-state index in [0.29, 0.717) is 12.0 Å². The second-order valence-electron chi connectivity index (χ2n) is 5.83. The molecule has 1 atom stereocenters. The molecule has 1 aliphatic rings. The van der Waals surface area contributed by atoms with Gasteiger partial charge in [-0.25, -0.2) is 0 Å². The van der Waals surface area contributed by atoms with Crippen molar-refractivity contribution in [1.82, 2.24) is 5.32 Å². The van der Waals surface area contributed by atoms with Crippen molar-refractivity contribution in [2.75, 3.05) is 7.05 Å². The molecular weight excluding hydrogens is 234 g/mol. The van der Waals surface area contributed by atoms with Crippen molar-refractivity contribution in [1.29, 1.82) is 0 Å². The van der Waals surface area contributed by atoms with E-state index < -0.39 is 0 Å². The van der Waals surface area contributed by atoms with Gasteiger partial charge in [0.1, 0.15) is 0 Å². The summed E-state index contributed by atoms with van der Waals surface area (Å²) in [6.45, 7) is 2.22. The molecule has 19 heavy (non-hydrogen) atoms. The standard InChI is InChI=1S/C17H27NO/c1-3-4-13-5-7-14(8-6-13)17(18-2)15-9-11-16(19)12-10-15/h5-8,15-19H,3-4,9-12H2,1-2H3. The first-order valence-corrected chi connectivity index (χ1v) is 7.68. The zero-order valence-electron chi connectivity index (χ0n) is 12.2. The van der Waals surface area contributed by atoms with Gasteiger partial charge in [0.05, 0.1) is 6.10 Å². The van der Waals surface area contributed by atoms with Crippen LogP contribution in [0.2, 0.25) is 0 Å². The van der Waals surface area contributed by atoms with Gasteiger partial charge in [0.15, 0.2) is 0 Å². The maximum Gasteiger partial charge on any atom is 0.0540 e. The van der Waals surface area contributed by atoms with E-state index in [4.69, 9.17) is 0 Å². The highest BCUT2D eigenvalue weighted by molar-refractivity contribution is 5.25. The van der Waals surface area contributed by atoms with Gasteiger partial charge in [-0.15, -0.1) is 0 Å².